The number of nitrogens with two attached hydrogens (primary N) is 1. The molecule has 0 spiro atoms. The zero-order valence-electron chi connectivity index (χ0n) is 23.8. The Morgan fingerprint density at radius 1 is 1.10 bits per heavy atom. The first kappa shape index (κ1) is 30.9. The predicted octanol–water partition coefficient (Wildman–Crippen LogP) is 5.18. The van der Waals surface area contributed by atoms with Gasteiger partial charge in [-0.1, -0.05) is 53.6 Å². The molecule has 4 N–H and O–H groups in total. The summed E-state index contributed by atoms with van der Waals surface area (Å²) >= 11 is 6.42. The van der Waals surface area contributed by atoms with Gasteiger partial charge in [0.05, 0.1) is 10.7 Å². The number of benzene rings is 2. The summed E-state index contributed by atoms with van der Waals surface area (Å²) < 4.78 is 5.39. The van der Waals surface area contributed by atoms with E-state index < -0.39 is 41.5 Å². The molecular formula is C30H39ClN4O5. The average molecular weight is 571 g/mol. The number of ether oxygens (including phenoxy) is 1. The van der Waals surface area contributed by atoms with Crippen molar-refractivity contribution in [3.63, 3.8) is 0 Å². The van der Waals surface area contributed by atoms with Crippen LogP contribution in [0, 0.1) is 13.8 Å². The van der Waals surface area contributed by atoms with Crippen molar-refractivity contribution in [2.75, 3.05) is 5.32 Å². The van der Waals surface area contributed by atoms with Gasteiger partial charge >= 0.3 is 6.09 Å². The first-order valence-electron chi connectivity index (χ1n) is 13.5. The number of nitrogens with zero attached hydrogens (tertiary/aromatic N) is 1. The molecule has 2 aromatic rings. The zero-order chi connectivity index (χ0) is 29.6. The lowest BCUT2D eigenvalue weighted by Gasteiger charge is -2.43. The van der Waals surface area contributed by atoms with E-state index in [0.717, 1.165) is 17.5 Å². The van der Waals surface area contributed by atoms with Crippen LogP contribution in [0.2, 0.25) is 5.02 Å². The molecule has 1 saturated carbocycles. The van der Waals surface area contributed by atoms with Crippen LogP contribution in [0.15, 0.2) is 42.5 Å². The molecule has 10 heteroatoms. The third-order valence-corrected chi connectivity index (χ3v) is 7.06. The first-order chi connectivity index (χ1) is 18.8. The predicted molar refractivity (Wildman–Crippen MR) is 155 cm³/mol. The van der Waals surface area contributed by atoms with Crippen LogP contribution in [0.25, 0.3) is 0 Å². The lowest BCUT2D eigenvalue weighted by atomic mass is 9.87. The summed E-state index contributed by atoms with van der Waals surface area (Å²) in [5.74, 6) is -1.54. The molecule has 2 atom stereocenters. The van der Waals surface area contributed by atoms with Crippen LogP contribution in [0.1, 0.15) is 75.6 Å². The normalized spacial score (nSPS) is 14.8. The maximum absolute atomic E-state index is 14.3. The topological polar surface area (TPSA) is 131 Å². The lowest BCUT2D eigenvalue weighted by molar-refractivity contribution is -0.146. The monoisotopic (exact) mass is 570 g/mol. The quantitative estimate of drug-likeness (QED) is 0.362. The van der Waals surface area contributed by atoms with E-state index in [1.165, 1.54) is 0 Å². The van der Waals surface area contributed by atoms with Crippen LogP contribution in [-0.2, 0) is 19.1 Å². The van der Waals surface area contributed by atoms with Gasteiger partial charge in [-0.15, -0.1) is 0 Å². The van der Waals surface area contributed by atoms with Gasteiger partial charge in [-0.2, -0.15) is 0 Å². The highest BCUT2D eigenvalue weighted by Gasteiger charge is 2.42. The van der Waals surface area contributed by atoms with Gasteiger partial charge in [0.2, 0.25) is 11.8 Å². The Hall–Kier alpha value is -3.59. The minimum atomic E-state index is -1.13. The number of para-hydroxylation sites is 1. The van der Waals surface area contributed by atoms with E-state index in [2.05, 4.69) is 10.6 Å². The Labute approximate surface area is 240 Å². The molecule has 9 nitrogen and oxygen atoms in total. The minimum Gasteiger partial charge on any atom is -0.444 e. The fraction of sp³-hybridized carbons (Fsp3) is 0.467. The standard InChI is InChI=1S/C30H39ClN4O5/c1-18-9-6-11-20(17-18)26(27(37)34-25-19(2)10-7-14-22(25)31)35(21-12-8-13-21)28(38)23(15-16-24(32)36)33-29(39)40-30(3,4)5/h6-7,9-11,14,17,21,23,26H,8,12-13,15-16H2,1-5H3,(H2,32,36)(H,33,39)(H,34,37). The van der Waals surface area contributed by atoms with Crippen molar-refractivity contribution in [1.82, 2.24) is 10.2 Å². The number of hydrogen-bond donors (Lipinski definition) is 3. The molecule has 0 heterocycles. The molecule has 2 unspecified atom stereocenters. The van der Waals surface area contributed by atoms with Gasteiger partial charge in [0, 0.05) is 12.5 Å². The number of hydrogen-bond acceptors (Lipinski definition) is 5. The molecular weight excluding hydrogens is 532 g/mol. The first-order valence-corrected chi connectivity index (χ1v) is 13.9. The number of amides is 4. The number of anilines is 1. The Morgan fingerprint density at radius 2 is 1.77 bits per heavy atom. The number of rotatable bonds is 10. The third kappa shape index (κ3) is 8.21. The van der Waals surface area contributed by atoms with E-state index in [1.807, 2.05) is 38.1 Å². The number of nitrogens with one attached hydrogen (secondary N) is 2. The van der Waals surface area contributed by atoms with Crippen molar-refractivity contribution in [3.05, 3.63) is 64.2 Å². The van der Waals surface area contributed by atoms with Crippen molar-refractivity contribution >= 4 is 41.1 Å². The molecule has 40 heavy (non-hydrogen) atoms. The highest BCUT2D eigenvalue weighted by atomic mass is 35.5. The summed E-state index contributed by atoms with van der Waals surface area (Å²) in [5.41, 5.74) is 7.37. The molecule has 216 valence electrons. The van der Waals surface area contributed by atoms with Crippen LogP contribution >= 0.6 is 11.6 Å². The van der Waals surface area contributed by atoms with E-state index in [9.17, 15) is 19.2 Å². The van der Waals surface area contributed by atoms with E-state index >= 15 is 0 Å². The molecule has 1 fully saturated rings. The fourth-order valence-corrected chi connectivity index (χ4v) is 4.89. The Balaban J connectivity index is 2.05. The maximum Gasteiger partial charge on any atom is 0.408 e. The van der Waals surface area contributed by atoms with Gasteiger partial charge in [-0.25, -0.2) is 4.79 Å². The van der Waals surface area contributed by atoms with Crippen LogP contribution in [0.5, 0.6) is 0 Å². The molecule has 0 radical (unpaired) electrons. The maximum atomic E-state index is 14.3. The smallest absolute Gasteiger partial charge is 0.408 e. The Bertz CT molecular complexity index is 1230. The van der Waals surface area contributed by atoms with Crippen molar-refractivity contribution < 1.29 is 23.9 Å². The summed E-state index contributed by atoms with van der Waals surface area (Å²) in [4.78, 5) is 54.3. The summed E-state index contributed by atoms with van der Waals surface area (Å²) in [6.45, 7) is 8.88. The van der Waals surface area contributed by atoms with E-state index in [4.69, 9.17) is 22.1 Å². The minimum absolute atomic E-state index is 0.0393. The summed E-state index contributed by atoms with van der Waals surface area (Å²) in [5, 5.41) is 5.95. The SMILES string of the molecule is Cc1cccc(C(C(=O)Nc2c(C)cccc2Cl)N(C(=O)C(CCC(N)=O)NC(=O)OC(C)(C)C)C2CCC2)c1. The number of carbonyl (C=O) groups is 4. The molecule has 1 aliphatic carbocycles. The Kier molecular flexibility index (Phi) is 10.2. The van der Waals surface area contributed by atoms with Crippen LogP contribution in [-0.4, -0.2) is 46.4 Å². The van der Waals surface area contributed by atoms with Crippen molar-refractivity contribution in [1.29, 1.82) is 0 Å². The molecule has 2 aromatic carbocycles. The highest BCUT2D eigenvalue weighted by molar-refractivity contribution is 6.34. The van der Waals surface area contributed by atoms with E-state index in [0.29, 0.717) is 29.1 Å². The molecule has 0 saturated heterocycles. The molecule has 1 aliphatic rings. The van der Waals surface area contributed by atoms with E-state index in [-0.39, 0.29) is 18.9 Å². The second kappa shape index (κ2) is 13.2. The van der Waals surface area contributed by atoms with Crippen molar-refractivity contribution in [3.8, 4) is 0 Å². The number of alkyl carbamates (subject to hydrolysis) is 1. The highest BCUT2D eigenvalue weighted by Crippen LogP contribution is 2.36. The molecule has 0 aliphatic heterocycles. The number of carbonyl (C=O) groups excluding carboxylic acids is 4. The summed E-state index contributed by atoms with van der Waals surface area (Å²) in [7, 11) is 0. The second-order valence-electron chi connectivity index (χ2n) is 11.3. The third-order valence-electron chi connectivity index (χ3n) is 6.75. The van der Waals surface area contributed by atoms with Crippen LogP contribution < -0.4 is 16.4 Å². The van der Waals surface area contributed by atoms with Gasteiger partial charge in [0.1, 0.15) is 17.7 Å². The molecule has 4 amide bonds. The van der Waals surface area contributed by atoms with Gasteiger partial charge in [0.25, 0.3) is 5.91 Å². The number of aryl methyl sites for hydroxylation is 2. The summed E-state index contributed by atoms with van der Waals surface area (Å²) in [6.07, 6.45) is 1.31. The average Bonchev–Trinajstić information content (AvgIpc) is 2.81. The van der Waals surface area contributed by atoms with E-state index in [1.54, 1.807) is 43.9 Å². The van der Waals surface area contributed by atoms with Crippen molar-refractivity contribution in [2.24, 2.45) is 5.73 Å². The van der Waals surface area contributed by atoms with Gasteiger partial charge < -0.3 is 26.0 Å². The summed E-state index contributed by atoms with van der Waals surface area (Å²) in [6, 6.07) is 10.3. The van der Waals surface area contributed by atoms with Gasteiger partial charge in [0.15, 0.2) is 0 Å². The molecule has 3 rings (SSSR count). The van der Waals surface area contributed by atoms with Crippen LogP contribution in [0.3, 0.4) is 0 Å². The Morgan fingerprint density at radius 3 is 2.33 bits per heavy atom. The second-order valence-corrected chi connectivity index (χ2v) is 11.7. The van der Waals surface area contributed by atoms with Crippen LogP contribution in [0.4, 0.5) is 10.5 Å². The molecule has 0 aromatic heterocycles. The molecule has 0 bridgehead atoms. The fourth-order valence-electron chi connectivity index (χ4n) is 4.62. The largest absolute Gasteiger partial charge is 0.444 e. The van der Waals surface area contributed by atoms with Gasteiger partial charge in [-0.05, 0) is 77.5 Å². The lowest BCUT2D eigenvalue weighted by Crippen LogP contribution is -2.57. The van der Waals surface area contributed by atoms with Gasteiger partial charge in [-0.3, -0.25) is 14.4 Å². The number of halogens is 1. The number of primary amides is 1. The van der Waals surface area contributed by atoms with Crippen molar-refractivity contribution in [2.45, 2.75) is 90.4 Å². The zero-order valence-corrected chi connectivity index (χ0v) is 24.5.